The lowest BCUT2D eigenvalue weighted by atomic mass is 10.1. The summed E-state index contributed by atoms with van der Waals surface area (Å²) >= 11 is 0. The molecule has 1 rings (SSSR count). The van der Waals surface area contributed by atoms with Crippen LogP contribution in [0.25, 0.3) is 0 Å². The van der Waals surface area contributed by atoms with Crippen molar-refractivity contribution in [1.29, 1.82) is 0 Å². The quantitative estimate of drug-likeness (QED) is 0.395. The van der Waals surface area contributed by atoms with Crippen LogP contribution in [0.2, 0.25) is 0 Å². The number of hydrogen-bond donors (Lipinski definition) is 0. The third-order valence-electron chi connectivity index (χ3n) is 1.39. The van der Waals surface area contributed by atoms with Gasteiger partial charge in [0.15, 0.2) is 0 Å². The van der Waals surface area contributed by atoms with Gasteiger partial charge in [-0.05, 0) is 19.3 Å². The van der Waals surface area contributed by atoms with Gasteiger partial charge in [-0.15, -0.1) is 0 Å². The zero-order valence-corrected chi connectivity index (χ0v) is 5.09. The van der Waals surface area contributed by atoms with Gasteiger partial charge in [0.25, 0.3) is 0 Å². The molecule has 0 saturated heterocycles. The largest absolute Gasteiger partial charge is 0.259 e. The predicted octanol–water partition coefficient (Wildman–Crippen LogP) is 1.52. The van der Waals surface area contributed by atoms with Crippen LogP contribution in [-0.2, 0) is 0 Å². The fourth-order valence-electron chi connectivity index (χ4n) is 0.894. The summed E-state index contributed by atoms with van der Waals surface area (Å²) in [6.45, 7) is 0. The van der Waals surface area contributed by atoms with E-state index in [2.05, 4.69) is 6.08 Å². The van der Waals surface area contributed by atoms with Crippen molar-refractivity contribution >= 4 is 0 Å². The van der Waals surface area contributed by atoms with E-state index in [1.807, 2.05) is 0 Å². The van der Waals surface area contributed by atoms with Gasteiger partial charge in [-0.2, -0.15) is 0 Å². The summed E-state index contributed by atoms with van der Waals surface area (Å²) in [5, 5.41) is 10.1. The number of rotatable bonds is 1. The first-order chi connectivity index (χ1) is 4.30. The lowest BCUT2D eigenvalue weighted by molar-refractivity contribution is -0.429. The molecule has 1 aliphatic carbocycles. The van der Waals surface area contributed by atoms with Crippen LogP contribution in [0.5, 0.6) is 0 Å². The molecule has 0 bridgehead atoms. The molecule has 0 aromatic rings. The van der Waals surface area contributed by atoms with Gasteiger partial charge in [-0.1, -0.05) is 0 Å². The molecule has 9 heavy (non-hydrogen) atoms. The molecular weight excluding hydrogens is 118 g/mol. The van der Waals surface area contributed by atoms with Gasteiger partial charge in [0, 0.05) is 12.5 Å². The lowest BCUT2D eigenvalue weighted by Crippen LogP contribution is -2.02. The topological polar surface area (TPSA) is 43.1 Å². The summed E-state index contributed by atoms with van der Waals surface area (Å²) in [7, 11) is 0. The molecule has 49 valence electrons. The molecule has 0 aromatic carbocycles. The van der Waals surface area contributed by atoms with Crippen LogP contribution in [0.1, 0.15) is 25.7 Å². The minimum absolute atomic E-state index is 0.279. The Hall–Kier alpha value is -0.860. The van der Waals surface area contributed by atoms with Gasteiger partial charge < -0.3 is 0 Å². The van der Waals surface area contributed by atoms with Crippen molar-refractivity contribution < 1.29 is 4.92 Å². The van der Waals surface area contributed by atoms with Crippen molar-refractivity contribution in [2.75, 3.05) is 0 Å². The van der Waals surface area contributed by atoms with Crippen LogP contribution < -0.4 is 0 Å². The third kappa shape index (κ3) is 1.52. The summed E-state index contributed by atoms with van der Waals surface area (Å²) in [4.78, 5) is 9.73. The summed E-state index contributed by atoms with van der Waals surface area (Å²) in [5.41, 5.74) is 0.279. The highest BCUT2D eigenvalue weighted by atomic mass is 16.6. The highest BCUT2D eigenvalue weighted by Crippen LogP contribution is 2.15. The van der Waals surface area contributed by atoms with E-state index in [-0.39, 0.29) is 10.6 Å². The summed E-state index contributed by atoms with van der Waals surface area (Å²) in [6.07, 6.45) is 6.10. The smallest absolute Gasteiger partial charge is 0.249 e. The van der Waals surface area contributed by atoms with Crippen LogP contribution >= 0.6 is 0 Å². The molecule has 3 heteroatoms. The minimum atomic E-state index is -0.334. The molecule has 3 nitrogen and oxygen atoms in total. The van der Waals surface area contributed by atoms with Crippen LogP contribution in [0, 0.1) is 16.2 Å². The number of nitrogens with zero attached hydrogens (tertiary/aromatic N) is 1. The Bertz CT molecular complexity index is 151. The van der Waals surface area contributed by atoms with Crippen molar-refractivity contribution in [1.82, 2.24) is 0 Å². The molecular formula is C6H8NO2. The molecule has 0 spiro atoms. The Morgan fingerprint density at radius 2 is 2.33 bits per heavy atom. The highest BCUT2D eigenvalue weighted by Gasteiger charge is 2.13. The number of nitro groups is 1. The maximum absolute atomic E-state index is 10.1. The second kappa shape index (κ2) is 2.62. The molecule has 0 unspecified atom stereocenters. The molecule has 0 N–H and O–H groups in total. The Morgan fingerprint density at radius 3 is 2.67 bits per heavy atom. The SMILES string of the molecule is O=[N+]([O-])C1=[C]CCCC1. The van der Waals surface area contributed by atoms with Crippen molar-refractivity contribution in [2.24, 2.45) is 0 Å². The van der Waals surface area contributed by atoms with Gasteiger partial charge in [-0.25, -0.2) is 0 Å². The second-order valence-electron chi connectivity index (χ2n) is 2.09. The Morgan fingerprint density at radius 1 is 1.56 bits per heavy atom. The van der Waals surface area contributed by atoms with Gasteiger partial charge >= 0.3 is 0 Å². The molecule has 0 heterocycles. The Kier molecular flexibility index (Phi) is 1.82. The first-order valence-corrected chi connectivity index (χ1v) is 3.05. The van der Waals surface area contributed by atoms with Crippen molar-refractivity contribution in [2.45, 2.75) is 25.7 Å². The minimum Gasteiger partial charge on any atom is -0.259 e. The fourth-order valence-corrected chi connectivity index (χ4v) is 0.894. The van der Waals surface area contributed by atoms with Gasteiger partial charge in [0.2, 0.25) is 5.70 Å². The zero-order chi connectivity index (χ0) is 6.69. The van der Waals surface area contributed by atoms with E-state index in [1.54, 1.807) is 0 Å². The monoisotopic (exact) mass is 126 g/mol. The summed E-state index contributed by atoms with van der Waals surface area (Å²) in [5.74, 6) is 0. The van der Waals surface area contributed by atoms with E-state index < -0.39 is 0 Å². The molecule has 0 amide bonds. The second-order valence-corrected chi connectivity index (χ2v) is 2.09. The molecule has 0 atom stereocenters. The molecule has 0 aromatic heterocycles. The van der Waals surface area contributed by atoms with Crippen LogP contribution in [0.15, 0.2) is 5.70 Å². The summed E-state index contributed by atoms with van der Waals surface area (Å²) < 4.78 is 0. The van der Waals surface area contributed by atoms with E-state index >= 15 is 0 Å². The first kappa shape index (κ1) is 6.26. The lowest BCUT2D eigenvalue weighted by Gasteiger charge is -2.02. The van der Waals surface area contributed by atoms with Crippen LogP contribution in [-0.4, -0.2) is 4.92 Å². The van der Waals surface area contributed by atoms with Gasteiger partial charge in [-0.3, -0.25) is 10.1 Å². The van der Waals surface area contributed by atoms with Crippen LogP contribution in [0.3, 0.4) is 0 Å². The van der Waals surface area contributed by atoms with Crippen LogP contribution in [0.4, 0.5) is 0 Å². The van der Waals surface area contributed by atoms with Crippen molar-refractivity contribution in [3.8, 4) is 0 Å². The fraction of sp³-hybridized carbons (Fsp3) is 0.667. The molecule has 1 aliphatic rings. The predicted molar refractivity (Wildman–Crippen MR) is 32.2 cm³/mol. The average Bonchev–Trinajstić information content (AvgIpc) is 1.90. The van der Waals surface area contributed by atoms with E-state index in [0.717, 1.165) is 19.3 Å². The third-order valence-corrected chi connectivity index (χ3v) is 1.39. The van der Waals surface area contributed by atoms with Crippen molar-refractivity contribution in [3.63, 3.8) is 0 Å². The Balaban J connectivity index is 2.57. The number of allylic oxidation sites excluding steroid dienone is 2. The molecule has 0 fully saturated rings. The standard InChI is InChI=1S/C6H8NO2/c8-7(9)6-4-2-1-3-5-6/h1-4H2. The molecule has 0 aliphatic heterocycles. The average molecular weight is 126 g/mol. The zero-order valence-electron chi connectivity index (χ0n) is 5.09. The Labute approximate surface area is 53.5 Å². The maximum Gasteiger partial charge on any atom is 0.249 e. The van der Waals surface area contributed by atoms with E-state index in [4.69, 9.17) is 0 Å². The van der Waals surface area contributed by atoms with Gasteiger partial charge in [0.1, 0.15) is 0 Å². The summed E-state index contributed by atoms with van der Waals surface area (Å²) in [6, 6.07) is 0. The van der Waals surface area contributed by atoms with E-state index in [1.165, 1.54) is 0 Å². The normalized spacial score (nSPS) is 18.9. The highest BCUT2D eigenvalue weighted by molar-refractivity contribution is 4.88. The molecule has 1 radical (unpaired) electrons. The van der Waals surface area contributed by atoms with Crippen molar-refractivity contribution in [3.05, 3.63) is 21.9 Å². The maximum atomic E-state index is 10.1. The molecule has 0 saturated carbocycles. The first-order valence-electron chi connectivity index (χ1n) is 3.05. The van der Waals surface area contributed by atoms with E-state index in [9.17, 15) is 10.1 Å². The van der Waals surface area contributed by atoms with Gasteiger partial charge in [0.05, 0.1) is 4.92 Å². The van der Waals surface area contributed by atoms with E-state index in [0.29, 0.717) is 6.42 Å². The number of hydrogen-bond acceptors (Lipinski definition) is 2.